The number of anilines is 2. The van der Waals surface area contributed by atoms with E-state index in [-0.39, 0.29) is 41.9 Å². The largest absolute Gasteiger partial charge is 0.378 e. The fraction of sp³-hybridized carbons (Fsp3) is 0.448. The zero-order valence-electron chi connectivity index (χ0n) is 21.7. The van der Waals surface area contributed by atoms with Crippen molar-refractivity contribution in [1.82, 2.24) is 9.80 Å². The van der Waals surface area contributed by atoms with Gasteiger partial charge in [-0.3, -0.25) is 19.2 Å². The molecule has 0 bridgehead atoms. The molecular formula is C29H34N4O5. The second-order valence-electron chi connectivity index (χ2n) is 10.3. The van der Waals surface area contributed by atoms with Crippen molar-refractivity contribution in [2.24, 2.45) is 11.8 Å². The highest BCUT2D eigenvalue weighted by atomic mass is 16.5. The van der Waals surface area contributed by atoms with Crippen LogP contribution in [0.1, 0.15) is 35.2 Å². The van der Waals surface area contributed by atoms with Crippen LogP contribution in [0.5, 0.6) is 0 Å². The number of benzene rings is 2. The molecule has 2 aromatic carbocycles. The normalized spacial score (nSPS) is 20.5. The highest BCUT2D eigenvalue weighted by Crippen LogP contribution is 2.29. The summed E-state index contributed by atoms with van der Waals surface area (Å²) in [5, 5.41) is 2.96. The molecule has 3 saturated heterocycles. The van der Waals surface area contributed by atoms with Crippen LogP contribution in [0.25, 0.3) is 0 Å². The maximum Gasteiger partial charge on any atom is 0.256 e. The van der Waals surface area contributed by atoms with E-state index in [1.54, 1.807) is 39.0 Å². The number of amides is 4. The Kier molecular flexibility index (Phi) is 7.74. The first-order chi connectivity index (χ1) is 18.4. The van der Waals surface area contributed by atoms with Crippen molar-refractivity contribution in [3.05, 3.63) is 59.7 Å². The second kappa shape index (κ2) is 11.3. The Morgan fingerprint density at radius 2 is 1.55 bits per heavy atom. The van der Waals surface area contributed by atoms with E-state index in [1.165, 1.54) is 0 Å². The molecule has 1 atom stereocenters. The molecule has 0 saturated carbocycles. The average Bonchev–Trinajstić information content (AvgIpc) is 3.35. The summed E-state index contributed by atoms with van der Waals surface area (Å²) in [5.41, 5.74) is 2.92. The summed E-state index contributed by atoms with van der Waals surface area (Å²) in [6, 6.07) is 14.8. The molecule has 1 unspecified atom stereocenters. The van der Waals surface area contributed by atoms with Crippen LogP contribution in [0, 0.1) is 18.8 Å². The summed E-state index contributed by atoms with van der Waals surface area (Å²) < 4.78 is 5.34. The minimum Gasteiger partial charge on any atom is -0.378 e. The van der Waals surface area contributed by atoms with Gasteiger partial charge in [0, 0.05) is 50.7 Å². The first-order valence-electron chi connectivity index (χ1n) is 13.3. The Bertz CT molecular complexity index is 1200. The van der Waals surface area contributed by atoms with Gasteiger partial charge in [0.15, 0.2) is 0 Å². The van der Waals surface area contributed by atoms with E-state index >= 15 is 0 Å². The molecule has 1 N–H and O–H groups in total. The second-order valence-corrected chi connectivity index (χ2v) is 10.3. The summed E-state index contributed by atoms with van der Waals surface area (Å²) in [6.07, 6.45) is 1.29. The molecule has 3 heterocycles. The van der Waals surface area contributed by atoms with Crippen LogP contribution in [-0.2, 0) is 19.1 Å². The Labute approximate surface area is 222 Å². The Morgan fingerprint density at radius 1 is 0.868 bits per heavy atom. The fourth-order valence-corrected chi connectivity index (χ4v) is 5.42. The quantitative estimate of drug-likeness (QED) is 0.656. The van der Waals surface area contributed by atoms with Crippen molar-refractivity contribution in [1.29, 1.82) is 0 Å². The van der Waals surface area contributed by atoms with Gasteiger partial charge >= 0.3 is 0 Å². The highest BCUT2D eigenvalue weighted by Gasteiger charge is 2.38. The van der Waals surface area contributed by atoms with E-state index in [9.17, 15) is 19.2 Å². The van der Waals surface area contributed by atoms with Gasteiger partial charge in [0.1, 0.15) is 0 Å². The molecule has 9 nitrogen and oxygen atoms in total. The molecule has 3 fully saturated rings. The van der Waals surface area contributed by atoms with Crippen LogP contribution >= 0.6 is 0 Å². The molecule has 9 heteroatoms. The molecule has 200 valence electrons. The molecule has 4 amide bonds. The van der Waals surface area contributed by atoms with Crippen molar-refractivity contribution >= 4 is 35.0 Å². The van der Waals surface area contributed by atoms with Gasteiger partial charge in [-0.2, -0.15) is 0 Å². The standard InChI is InChI=1S/C29H34N4O5/c1-20-6-8-23(9-7-20)33-19-22(18-26(33)34)28(36)31-12-10-21(11-13-31)27(35)30-25-5-3-2-4-24(25)29(37)32-14-16-38-17-15-32/h2-9,21-22H,10-19H2,1H3,(H,30,35). The molecule has 3 aliphatic rings. The number of carbonyl (C=O) groups excluding carboxylic acids is 4. The summed E-state index contributed by atoms with van der Waals surface area (Å²) in [7, 11) is 0. The number of ether oxygens (including phenoxy) is 1. The fourth-order valence-electron chi connectivity index (χ4n) is 5.42. The van der Waals surface area contributed by atoms with Gasteiger partial charge < -0.3 is 24.8 Å². The molecule has 3 aliphatic heterocycles. The van der Waals surface area contributed by atoms with Gasteiger partial charge in [0.05, 0.1) is 30.4 Å². The van der Waals surface area contributed by atoms with Crippen LogP contribution in [0.2, 0.25) is 0 Å². The van der Waals surface area contributed by atoms with E-state index in [2.05, 4.69) is 5.32 Å². The predicted octanol–water partition coefficient (Wildman–Crippen LogP) is 2.70. The van der Waals surface area contributed by atoms with Crippen LogP contribution in [0.4, 0.5) is 11.4 Å². The molecule has 0 aliphatic carbocycles. The van der Waals surface area contributed by atoms with Crippen LogP contribution < -0.4 is 10.2 Å². The number of likely N-dealkylation sites (tertiary alicyclic amines) is 1. The summed E-state index contributed by atoms with van der Waals surface area (Å²) >= 11 is 0. The number of hydrogen-bond acceptors (Lipinski definition) is 5. The van der Waals surface area contributed by atoms with E-state index < -0.39 is 0 Å². The molecular weight excluding hydrogens is 484 g/mol. The number of aryl methyl sites for hydroxylation is 1. The van der Waals surface area contributed by atoms with Crippen molar-refractivity contribution in [3.8, 4) is 0 Å². The van der Waals surface area contributed by atoms with Crippen LogP contribution in [-0.4, -0.2) is 79.4 Å². The molecule has 38 heavy (non-hydrogen) atoms. The Balaban J connectivity index is 1.15. The third-order valence-corrected chi connectivity index (χ3v) is 7.71. The third kappa shape index (κ3) is 5.57. The van der Waals surface area contributed by atoms with Gasteiger partial charge in [0.25, 0.3) is 5.91 Å². The number of hydrogen-bond donors (Lipinski definition) is 1. The number of para-hydroxylation sites is 1. The zero-order valence-corrected chi connectivity index (χ0v) is 21.7. The number of nitrogens with one attached hydrogen (secondary N) is 1. The molecule has 0 aromatic heterocycles. The summed E-state index contributed by atoms with van der Waals surface area (Å²) in [6.45, 7) is 5.41. The molecule has 0 spiro atoms. The number of piperidine rings is 1. The monoisotopic (exact) mass is 518 g/mol. The minimum atomic E-state index is -0.368. The SMILES string of the molecule is Cc1ccc(N2CC(C(=O)N3CCC(C(=O)Nc4ccccc4C(=O)N4CCOCC4)CC3)CC2=O)cc1. The Morgan fingerprint density at radius 3 is 2.26 bits per heavy atom. The van der Waals surface area contributed by atoms with Gasteiger partial charge in [-0.05, 0) is 44.0 Å². The van der Waals surface area contributed by atoms with Crippen molar-refractivity contribution in [2.75, 3.05) is 56.2 Å². The van der Waals surface area contributed by atoms with E-state index in [4.69, 9.17) is 4.74 Å². The summed E-state index contributed by atoms with van der Waals surface area (Å²) in [5.74, 6) is -0.927. The zero-order chi connectivity index (χ0) is 26.6. The van der Waals surface area contributed by atoms with Gasteiger partial charge in [-0.15, -0.1) is 0 Å². The van der Waals surface area contributed by atoms with Crippen LogP contribution in [0.3, 0.4) is 0 Å². The maximum atomic E-state index is 13.2. The van der Waals surface area contributed by atoms with Crippen molar-refractivity contribution in [2.45, 2.75) is 26.2 Å². The lowest BCUT2D eigenvalue weighted by Crippen LogP contribution is -2.44. The van der Waals surface area contributed by atoms with E-state index in [1.807, 2.05) is 31.2 Å². The van der Waals surface area contributed by atoms with E-state index in [0.717, 1.165) is 11.3 Å². The van der Waals surface area contributed by atoms with Gasteiger partial charge in [-0.25, -0.2) is 0 Å². The topological polar surface area (TPSA) is 99.3 Å². The Hall–Kier alpha value is -3.72. The van der Waals surface area contributed by atoms with Gasteiger partial charge in [-0.1, -0.05) is 29.8 Å². The van der Waals surface area contributed by atoms with E-state index in [0.29, 0.717) is 70.0 Å². The van der Waals surface area contributed by atoms with Crippen molar-refractivity contribution < 1.29 is 23.9 Å². The number of rotatable bonds is 5. The maximum absolute atomic E-state index is 13.2. The van der Waals surface area contributed by atoms with Crippen molar-refractivity contribution in [3.63, 3.8) is 0 Å². The van der Waals surface area contributed by atoms with Crippen LogP contribution in [0.15, 0.2) is 48.5 Å². The lowest BCUT2D eigenvalue weighted by atomic mass is 9.94. The first kappa shape index (κ1) is 25.9. The third-order valence-electron chi connectivity index (χ3n) is 7.71. The number of morpholine rings is 1. The number of carbonyl (C=O) groups is 4. The molecule has 5 rings (SSSR count). The predicted molar refractivity (Wildman–Crippen MR) is 143 cm³/mol. The highest BCUT2D eigenvalue weighted by molar-refractivity contribution is 6.04. The first-order valence-corrected chi connectivity index (χ1v) is 13.3. The minimum absolute atomic E-state index is 0.0201. The average molecular weight is 519 g/mol. The lowest BCUT2D eigenvalue weighted by molar-refractivity contribution is -0.138. The molecule has 2 aromatic rings. The van der Waals surface area contributed by atoms with Gasteiger partial charge in [0.2, 0.25) is 17.7 Å². The number of nitrogens with zero attached hydrogens (tertiary/aromatic N) is 3. The summed E-state index contributed by atoms with van der Waals surface area (Å²) in [4.78, 5) is 57.2. The smallest absolute Gasteiger partial charge is 0.256 e. The molecule has 0 radical (unpaired) electrons. The lowest BCUT2D eigenvalue weighted by Gasteiger charge is -2.33.